The number of benzene rings is 1. The van der Waals surface area contributed by atoms with Crippen LogP contribution in [0.25, 0.3) is 5.69 Å². The molecular weight excluding hydrogens is 390 g/mol. The van der Waals surface area contributed by atoms with Crippen LogP contribution in [0.2, 0.25) is 0 Å². The van der Waals surface area contributed by atoms with E-state index >= 15 is 0 Å². The molecule has 2 heterocycles. The molecule has 4 N–H and O–H groups in total. The Morgan fingerprint density at radius 1 is 1.07 bits per heavy atom. The Balaban J connectivity index is 1.81. The zero-order valence-electron chi connectivity index (χ0n) is 16.3. The molecular formula is C20H21N5O3S. The standard InChI is InChI=1S/C20H21N5O3S/c1-11-8-15(16(26)10-29-20-23-17(21)9-18(22)24-20)12(2)25(11)14-6-4-13(5-7-14)19(27)28-3/h4-9H,10H2,1-3H3,(H4,21,22,23,24). The second-order valence-corrected chi connectivity index (χ2v) is 7.31. The second kappa shape index (κ2) is 8.36. The molecule has 0 atom stereocenters. The molecule has 0 aliphatic rings. The number of methoxy groups -OCH3 is 1. The zero-order chi connectivity index (χ0) is 21.1. The van der Waals surface area contributed by atoms with Gasteiger partial charge in [-0.15, -0.1) is 0 Å². The molecule has 29 heavy (non-hydrogen) atoms. The van der Waals surface area contributed by atoms with Crippen LogP contribution in [0.4, 0.5) is 11.6 Å². The summed E-state index contributed by atoms with van der Waals surface area (Å²) in [6, 6.07) is 10.3. The summed E-state index contributed by atoms with van der Waals surface area (Å²) in [5.74, 6) is 0.246. The average Bonchev–Trinajstić information content (AvgIpc) is 2.99. The van der Waals surface area contributed by atoms with Crippen LogP contribution >= 0.6 is 11.8 Å². The summed E-state index contributed by atoms with van der Waals surface area (Å²) in [4.78, 5) is 32.5. The van der Waals surface area contributed by atoms with Gasteiger partial charge in [0.15, 0.2) is 10.9 Å². The van der Waals surface area contributed by atoms with Gasteiger partial charge in [-0.05, 0) is 44.2 Å². The second-order valence-electron chi connectivity index (χ2n) is 6.37. The van der Waals surface area contributed by atoms with Gasteiger partial charge >= 0.3 is 5.97 Å². The van der Waals surface area contributed by atoms with Crippen molar-refractivity contribution in [3.05, 3.63) is 58.9 Å². The van der Waals surface area contributed by atoms with Gasteiger partial charge in [0.1, 0.15) is 11.6 Å². The lowest BCUT2D eigenvalue weighted by Crippen LogP contribution is -2.07. The number of thioether (sulfide) groups is 1. The van der Waals surface area contributed by atoms with E-state index in [0.29, 0.717) is 16.3 Å². The number of anilines is 2. The van der Waals surface area contributed by atoms with Gasteiger partial charge in [0.25, 0.3) is 0 Å². The highest BCUT2D eigenvalue weighted by Crippen LogP contribution is 2.24. The molecule has 150 valence electrons. The SMILES string of the molecule is COC(=O)c1ccc(-n2c(C)cc(C(=O)CSc3nc(N)cc(N)n3)c2C)cc1. The molecule has 0 aliphatic heterocycles. The van der Waals surface area contributed by atoms with E-state index in [0.717, 1.165) is 17.1 Å². The normalized spacial score (nSPS) is 10.7. The minimum atomic E-state index is -0.394. The van der Waals surface area contributed by atoms with Crippen LogP contribution in [0.3, 0.4) is 0 Å². The highest BCUT2D eigenvalue weighted by Gasteiger charge is 2.18. The molecule has 0 amide bonds. The first-order chi connectivity index (χ1) is 13.8. The molecule has 9 heteroatoms. The van der Waals surface area contributed by atoms with Gasteiger partial charge in [-0.2, -0.15) is 0 Å². The Morgan fingerprint density at radius 2 is 1.69 bits per heavy atom. The number of aryl methyl sites for hydroxylation is 1. The summed E-state index contributed by atoms with van der Waals surface area (Å²) in [5.41, 5.74) is 15.0. The molecule has 0 fully saturated rings. The van der Waals surface area contributed by atoms with Crippen LogP contribution < -0.4 is 11.5 Å². The van der Waals surface area contributed by atoms with E-state index in [1.807, 2.05) is 36.6 Å². The monoisotopic (exact) mass is 411 g/mol. The van der Waals surface area contributed by atoms with Crippen LogP contribution in [0, 0.1) is 13.8 Å². The van der Waals surface area contributed by atoms with Crippen LogP contribution in [0.5, 0.6) is 0 Å². The first-order valence-corrected chi connectivity index (χ1v) is 9.72. The van der Waals surface area contributed by atoms with E-state index in [4.69, 9.17) is 16.2 Å². The van der Waals surface area contributed by atoms with E-state index in [1.165, 1.54) is 24.9 Å². The lowest BCUT2D eigenvalue weighted by Gasteiger charge is -2.10. The Bertz CT molecular complexity index is 1060. The van der Waals surface area contributed by atoms with Crippen molar-refractivity contribution in [2.45, 2.75) is 19.0 Å². The quantitative estimate of drug-likeness (QED) is 0.274. The third-order valence-electron chi connectivity index (χ3n) is 4.36. The highest BCUT2D eigenvalue weighted by molar-refractivity contribution is 7.99. The van der Waals surface area contributed by atoms with E-state index < -0.39 is 5.97 Å². The van der Waals surface area contributed by atoms with E-state index in [-0.39, 0.29) is 23.2 Å². The number of esters is 1. The highest BCUT2D eigenvalue weighted by atomic mass is 32.2. The Morgan fingerprint density at radius 3 is 2.28 bits per heavy atom. The van der Waals surface area contributed by atoms with Crippen molar-refractivity contribution in [1.29, 1.82) is 0 Å². The maximum atomic E-state index is 12.8. The number of carbonyl (C=O) groups excluding carboxylic acids is 2. The smallest absolute Gasteiger partial charge is 0.337 e. The molecule has 0 aliphatic carbocycles. The number of aromatic nitrogens is 3. The molecule has 0 saturated carbocycles. The first kappa shape index (κ1) is 20.4. The summed E-state index contributed by atoms with van der Waals surface area (Å²) in [6.45, 7) is 3.81. The average molecular weight is 411 g/mol. The van der Waals surface area contributed by atoms with E-state index in [1.54, 1.807) is 12.1 Å². The number of ether oxygens (including phenoxy) is 1. The maximum Gasteiger partial charge on any atom is 0.337 e. The van der Waals surface area contributed by atoms with Gasteiger partial charge < -0.3 is 20.8 Å². The van der Waals surface area contributed by atoms with Crippen molar-refractivity contribution >= 4 is 35.2 Å². The van der Waals surface area contributed by atoms with Gasteiger partial charge in [-0.25, -0.2) is 14.8 Å². The fourth-order valence-electron chi connectivity index (χ4n) is 3.04. The molecule has 3 aromatic rings. The zero-order valence-corrected chi connectivity index (χ0v) is 17.1. The molecule has 8 nitrogen and oxygen atoms in total. The van der Waals surface area contributed by atoms with Gasteiger partial charge in [-0.3, -0.25) is 4.79 Å². The number of nitrogens with two attached hydrogens (primary N) is 2. The number of rotatable bonds is 6. The number of Topliss-reactive ketones (excluding diaryl/α,β-unsaturated/α-hetero) is 1. The minimum Gasteiger partial charge on any atom is -0.465 e. The third kappa shape index (κ3) is 4.40. The number of hydrogen-bond acceptors (Lipinski definition) is 8. The van der Waals surface area contributed by atoms with Gasteiger partial charge in [-0.1, -0.05) is 11.8 Å². The maximum absolute atomic E-state index is 12.8. The molecule has 3 rings (SSSR count). The number of nitrogen functional groups attached to an aromatic ring is 2. The number of carbonyl (C=O) groups is 2. The third-order valence-corrected chi connectivity index (χ3v) is 5.20. The van der Waals surface area contributed by atoms with Crippen molar-refractivity contribution < 1.29 is 14.3 Å². The Labute approximate surface area is 172 Å². The van der Waals surface area contributed by atoms with Crippen molar-refractivity contribution in [2.24, 2.45) is 0 Å². The number of nitrogens with zero attached hydrogens (tertiary/aromatic N) is 3. The molecule has 2 aromatic heterocycles. The Hall–Kier alpha value is -3.33. The largest absolute Gasteiger partial charge is 0.465 e. The summed E-state index contributed by atoms with van der Waals surface area (Å²) in [6.07, 6.45) is 0. The molecule has 0 bridgehead atoms. The fraction of sp³-hybridized carbons (Fsp3) is 0.200. The topological polar surface area (TPSA) is 126 Å². The molecule has 0 saturated heterocycles. The fourth-order valence-corrected chi connectivity index (χ4v) is 3.80. The summed E-state index contributed by atoms with van der Waals surface area (Å²) < 4.78 is 6.69. The molecule has 0 unspecified atom stereocenters. The minimum absolute atomic E-state index is 0.0508. The number of ketones is 1. The van der Waals surface area contributed by atoms with Gasteiger partial charge in [0.05, 0.1) is 18.4 Å². The van der Waals surface area contributed by atoms with E-state index in [2.05, 4.69) is 9.97 Å². The van der Waals surface area contributed by atoms with Crippen LogP contribution in [-0.2, 0) is 4.74 Å². The summed E-state index contributed by atoms with van der Waals surface area (Å²) >= 11 is 1.19. The molecule has 1 aromatic carbocycles. The molecule has 0 radical (unpaired) electrons. The van der Waals surface area contributed by atoms with Gasteiger partial charge in [0.2, 0.25) is 0 Å². The lowest BCUT2D eigenvalue weighted by atomic mass is 10.2. The van der Waals surface area contributed by atoms with Crippen molar-refractivity contribution in [3.8, 4) is 5.69 Å². The first-order valence-electron chi connectivity index (χ1n) is 8.74. The molecule has 0 spiro atoms. The number of hydrogen-bond donors (Lipinski definition) is 2. The summed E-state index contributed by atoms with van der Waals surface area (Å²) in [7, 11) is 1.34. The predicted molar refractivity (Wildman–Crippen MR) is 112 cm³/mol. The van der Waals surface area contributed by atoms with Crippen LogP contribution in [0.15, 0.2) is 41.6 Å². The predicted octanol–water partition coefficient (Wildman–Crippen LogP) is 2.81. The van der Waals surface area contributed by atoms with Crippen LogP contribution in [-0.4, -0.2) is 39.2 Å². The van der Waals surface area contributed by atoms with Crippen molar-refractivity contribution in [1.82, 2.24) is 14.5 Å². The van der Waals surface area contributed by atoms with Crippen molar-refractivity contribution in [3.63, 3.8) is 0 Å². The van der Waals surface area contributed by atoms with Gasteiger partial charge in [0, 0.05) is 28.7 Å². The summed E-state index contributed by atoms with van der Waals surface area (Å²) in [5, 5.41) is 0.364. The van der Waals surface area contributed by atoms with E-state index in [9.17, 15) is 9.59 Å². The lowest BCUT2D eigenvalue weighted by molar-refractivity contribution is 0.0600. The van der Waals surface area contributed by atoms with Crippen molar-refractivity contribution in [2.75, 3.05) is 24.3 Å². The Kier molecular flexibility index (Phi) is 5.88. The van der Waals surface area contributed by atoms with Crippen LogP contribution in [0.1, 0.15) is 32.1 Å².